The van der Waals surface area contributed by atoms with Gasteiger partial charge in [0.15, 0.2) is 6.29 Å². The highest BCUT2D eigenvalue weighted by Crippen LogP contribution is 2.27. The molecule has 1 nitrogen and oxygen atoms in total. The number of aldehydes is 1. The molecule has 0 radical (unpaired) electrons. The maximum Gasteiger partial charge on any atom is 0.153 e. The lowest BCUT2D eigenvalue weighted by atomic mass is 10.2. The molecule has 1 aromatic carbocycles. The van der Waals surface area contributed by atoms with Crippen molar-refractivity contribution in [3.8, 4) is 0 Å². The molecule has 0 spiro atoms. The van der Waals surface area contributed by atoms with Crippen molar-refractivity contribution in [2.45, 2.75) is 0 Å². The number of rotatable bonds is 1. The van der Waals surface area contributed by atoms with Crippen molar-refractivity contribution in [2.24, 2.45) is 0 Å². The third-order valence-corrected chi connectivity index (χ3v) is 2.24. The topological polar surface area (TPSA) is 17.1 Å². The molecule has 0 bridgehead atoms. The Morgan fingerprint density at radius 1 is 1.27 bits per heavy atom. The number of benzene rings is 1. The second-order valence-corrected chi connectivity index (χ2v) is 3.63. The Kier molecular flexibility index (Phi) is 2.93. The molecule has 0 atom stereocenters. The van der Waals surface area contributed by atoms with E-state index in [0.717, 1.165) is 4.47 Å². The summed E-state index contributed by atoms with van der Waals surface area (Å²) < 4.78 is 0.762. The minimum absolute atomic E-state index is 0.330. The number of halogens is 3. The van der Waals surface area contributed by atoms with Gasteiger partial charge in [0.05, 0.1) is 15.6 Å². The largest absolute Gasteiger partial charge is 0.298 e. The van der Waals surface area contributed by atoms with Crippen LogP contribution in [-0.4, -0.2) is 6.29 Å². The summed E-state index contributed by atoms with van der Waals surface area (Å²) in [5.41, 5.74) is 0.330. The Labute approximate surface area is 82.4 Å². The van der Waals surface area contributed by atoms with Crippen LogP contribution in [0.5, 0.6) is 0 Å². The normalized spacial score (nSPS) is 9.73. The molecule has 4 heteroatoms. The number of hydrogen-bond acceptors (Lipinski definition) is 1. The number of carbonyl (C=O) groups is 1. The minimum Gasteiger partial charge on any atom is -0.298 e. The van der Waals surface area contributed by atoms with Gasteiger partial charge in [0, 0.05) is 4.47 Å². The van der Waals surface area contributed by atoms with Crippen LogP contribution in [0.1, 0.15) is 10.4 Å². The van der Waals surface area contributed by atoms with Crippen molar-refractivity contribution in [3.05, 3.63) is 32.2 Å². The molecule has 11 heavy (non-hydrogen) atoms. The van der Waals surface area contributed by atoms with Crippen LogP contribution in [0, 0.1) is 0 Å². The van der Waals surface area contributed by atoms with Gasteiger partial charge in [-0.3, -0.25) is 4.79 Å². The number of hydrogen-bond donors (Lipinski definition) is 0. The smallest absolute Gasteiger partial charge is 0.153 e. The first-order valence-corrected chi connectivity index (χ1v) is 4.29. The maximum atomic E-state index is 10.4. The lowest BCUT2D eigenvalue weighted by molar-refractivity contribution is 0.112. The van der Waals surface area contributed by atoms with E-state index in [4.69, 9.17) is 23.2 Å². The van der Waals surface area contributed by atoms with Crippen molar-refractivity contribution in [1.82, 2.24) is 0 Å². The molecule has 0 saturated carbocycles. The summed E-state index contributed by atoms with van der Waals surface area (Å²) in [6.45, 7) is 0. The summed E-state index contributed by atoms with van der Waals surface area (Å²) >= 11 is 14.6. The molecule has 0 aliphatic rings. The molecule has 0 N–H and O–H groups in total. The Morgan fingerprint density at radius 2 is 1.73 bits per heavy atom. The van der Waals surface area contributed by atoms with Crippen molar-refractivity contribution in [2.75, 3.05) is 0 Å². The van der Waals surface area contributed by atoms with Crippen LogP contribution < -0.4 is 0 Å². The predicted molar refractivity (Wildman–Crippen MR) is 49.5 cm³/mol. The summed E-state index contributed by atoms with van der Waals surface area (Å²) in [4.78, 5) is 10.4. The summed E-state index contributed by atoms with van der Waals surface area (Å²) in [7, 11) is 0. The van der Waals surface area contributed by atoms with Crippen LogP contribution in [0.3, 0.4) is 0 Å². The second-order valence-electron chi connectivity index (χ2n) is 1.90. The lowest BCUT2D eigenvalue weighted by Gasteiger charge is -1.99. The fourth-order valence-electron chi connectivity index (χ4n) is 0.666. The van der Waals surface area contributed by atoms with Crippen LogP contribution >= 0.6 is 39.1 Å². The highest BCUT2D eigenvalue weighted by Gasteiger charge is 2.05. The highest BCUT2D eigenvalue weighted by molar-refractivity contribution is 9.10. The Bertz CT molecular complexity index is 275. The number of carbonyl (C=O) groups excluding carboxylic acids is 1. The van der Waals surface area contributed by atoms with E-state index < -0.39 is 0 Å². The average molecular weight is 254 g/mol. The van der Waals surface area contributed by atoms with Gasteiger partial charge in [0.2, 0.25) is 0 Å². The molecule has 0 fully saturated rings. The van der Waals surface area contributed by atoms with Gasteiger partial charge in [-0.25, -0.2) is 0 Å². The second kappa shape index (κ2) is 3.57. The first-order chi connectivity index (χ1) is 5.15. The minimum atomic E-state index is 0.330. The highest BCUT2D eigenvalue weighted by atomic mass is 79.9. The molecule has 0 aliphatic heterocycles. The van der Waals surface area contributed by atoms with Crippen molar-refractivity contribution >= 4 is 45.4 Å². The van der Waals surface area contributed by atoms with Gasteiger partial charge < -0.3 is 0 Å². The standard InChI is InChI=1S/C7H3BrCl2O/c8-4-1-6(9)5(3-11)7(10)2-4/h1-3H. The lowest BCUT2D eigenvalue weighted by Crippen LogP contribution is -1.83. The average Bonchev–Trinajstić information content (AvgIpc) is 1.85. The molecule has 0 aliphatic carbocycles. The molecule has 58 valence electrons. The zero-order valence-electron chi connectivity index (χ0n) is 5.27. The SMILES string of the molecule is O=Cc1c(Cl)cc(Br)cc1Cl. The van der Waals surface area contributed by atoms with Crippen LogP contribution in [0.2, 0.25) is 10.0 Å². The van der Waals surface area contributed by atoms with Crippen molar-refractivity contribution in [3.63, 3.8) is 0 Å². The molecular formula is C7H3BrCl2O. The zero-order valence-corrected chi connectivity index (χ0v) is 8.37. The van der Waals surface area contributed by atoms with Crippen molar-refractivity contribution < 1.29 is 4.79 Å². The van der Waals surface area contributed by atoms with E-state index in [-0.39, 0.29) is 0 Å². The van der Waals surface area contributed by atoms with E-state index in [1.54, 1.807) is 12.1 Å². The van der Waals surface area contributed by atoms with E-state index in [2.05, 4.69) is 15.9 Å². The van der Waals surface area contributed by atoms with E-state index >= 15 is 0 Å². The maximum absolute atomic E-state index is 10.4. The van der Waals surface area contributed by atoms with E-state index in [1.165, 1.54) is 0 Å². The third-order valence-electron chi connectivity index (χ3n) is 1.16. The summed E-state index contributed by atoms with van der Waals surface area (Å²) in [5, 5.41) is 0.721. The van der Waals surface area contributed by atoms with Gasteiger partial charge in [0.25, 0.3) is 0 Å². The molecule has 0 heterocycles. The summed E-state index contributed by atoms with van der Waals surface area (Å²) in [5.74, 6) is 0. The molecule has 1 aromatic rings. The Morgan fingerprint density at radius 3 is 2.09 bits per heavy atom. The van der Waals surface area contributed by atoms with E-state index in [9.17, 15) is 4.79 Å². The first-order valence-electron chi connectivity index (χ1n) is 2.75. The van der Waals surface area contributed by atoms with Gasteiger partial charge in [-0.1, -0.05) is 39.1 Å². The van der Waals surface area contributed by atoms with Crippen molar-refractivity contribution in [1.29, 1.82) is 0 Å². The summed E-state index contributed by atoms with van der Waals surface area (Å²) in [6, 6.07) is 3.24. The first kappa shape index (κ1) is 9.04. The molecular weight excluding hydrogens is 251 g/mol. The fourth-order valence-corrected chi connectivity index (χ4v) is 1.96. The van der Waals surface area contributed by atoms with Gasteiger partial charge >= 0.3 is 0 Å². The van der Waals surface area contributed by atoms with Crippen LogP contribution in [0.15, 0.2) is 16.6 Å². The van der Waals surface area contributed by atoms with E-state index in [1.807, 2.05) is 0 Å². The van der Waals surface area contributed by atoms with Gasteiger partial charge in [-0.15, -0.1) is 0 Å². The van der Waals surface area contributed by atoms with Crippen LogP contribution in [-0.2, 0) is 0 Å². The molecule has 0 aromatic heterocycles. The van der Waals surface area contributed by atoms with Gasteiger partial charge in [-0.2, -0.15) is 0 Å². The zero-order chi connectivity index (χ0) is 8.43. The summed E-state index contributed by atoms with van der Waals surface area (Å²) in [6.07, 6.45) is 0.636. The Hall–Kier alpha value is -0.0500. The monoisotopic (exact) mass is 252 g/mol. The van der Waals surface area contributed by atoms with Gasteiger partial charge in [0.1, 0.15) is 0 Å². The van der Waals surface area contributed by atoms with Crippen LogP contribution in [0.4, 0.5) is 0 Å². The third kappa shape index (κ3) is 1.95. The molecule has 1 rings (SSSR count). The van der Waals surface area contributed by atoms with Gasteiger partial charge in [-0.05, 0) is 12.1 Å². The molecule has 0 saturated heterocycles. The fraction of sp³-hybridized carbons (Fsp3) is 0. The molecule has 0 unspecified atom stereocenters. The quantitative estimate of drug-likeness (QED) is 0.700. The Balaban J connectivity index is 3.36. The van der Waals surface area contributed by atoms with E-state index in [0.29, 0.717) is 21.9 Å². The predicted octanol–water partition coefficient (Wildman–Crippen LogP) is 3.57. The molecule has 0 amide bonds. The van der Waals surface area contributed by atoms with Crippen LogP contribution in [0.25, 0.3) is 0 Å².